The summed E-state index contributed by atoms with van der Waals surface area (Å²) in [4.78, 5) is 32.6. The fraction of sp³-hybridized carbons (Fsp3) is 0.526. The van der Waals surface area contributed by atoms with E-state index >= 15 is 0 Å². The molecule has 3 heterocycles. The Morgan fingerprint density at radius 3 is 2.67 bits per heavy atom. The van der Waals surface area contributed by atoms with Crippen LogP contribution in [-0.2, 0) is 11.3 Å². The minimum Gasteiger partial charge on any atom is -0.339 e. The van der Waals surface area contributed by atoms with Crippen LogP contribution in [0.5, 0.6) is 0 Å². The van der Waals surface area contributed by atoms with Crippen LogP contribution in [0.15, 0.2) is 22.9 Å². The zero-order chi connectivity index (χ0) is 19.2. The molecule has 8 heteroatoms. The van der Waals surface area contributed by atoms with Crippen molar-refractivity contribution in [2.75, 3.05) is 18.4 Å². The maximum absolute atomic E-state index is 12.7. The Bertz CT molecular complexity index is 752. The highest BCUT2D eigenvalue weighted by molar-refractivity contribution is 7.14. The fourth-order valence-corrected chi connectivity index (χ4v) is 4.45. The van der Waals surface area contributed by atoms with Crippen LogP contribution in [0.2, 0.25) is 0 Å². The maximum atomic E-state index is 12.7. The number of hydrogen-bond donors (Lipinski definition) is 2. The van der Waals surface area contributed by atoms with Gasteiger partial charge in [-0.3, -0.25) is 14.5 Å². The average molecular weight is 407 g/mol. The van der Waals surface area contributed by atoms with Crippen LogP contribution in [0.25, 0.3) is 0 Å². The smallest absolute Gasteiger partial charge is 0.262 e. The molecule has 1 aliphatic heterocycles. The van der Waals surface area contributed by atoms with Gasteiger partial charge >= 0.3 is 0 Å². The molecule has 27 heavy (non-hydrogen) atoms. The van der Waals surface area contributed by atoms with Crippen LogP contribution in [0.3, 0.4) is 0 Å². The quantitative estimate of drug-likeness (QED) is 0.737. The zero-order valence-corrected chi connectivity index (χ0v) is 17.4. The van der Waals surface area contributed by atoms with Crippen LogP contribution < -0.4 is 10.6 Å². The third kappa shape index (κ3) is 5.60. The van der Waals surface area contributed by atoms with Gasteiger partial charge in [0.2, 0.25) is 5.91 Å². The molecule has 1 aliphatic rings. The molecule has 6 nitrogen and oxygen atoms in total. The monoisotopic (exact) mass is 406 g/mol. The topological polar surface area (TPSA) is 74.3 Å². The molecule has 3 rings (SSSR count). The summed E-state index contributed by atoms with van der Waals surface area (Å²) < 4.78 is 0. The first-order chi connectivity index (χ1) is 13.0. The number of thiazole rings is 1. The minimum absolute atomic E-state index is 0.0262. The summed E-state index contributed by atoms with van der Waals surface area (Å²) >= 11 is 2.79. The van der Waals surface area contributed by atoms with E-state index in [1.807, 2.05) is 30.7 Å². The Balaban J connectivity index is 1.57. The summed E-state index contributed by atoms with van der Waals surface area (Å²) in [6.45, 7) is 6.90. The van der Waals surface area contributed by atoms with E-state index in [1.165, 1.54) is 41.9 Å². The van der Waals surface area contributed by atoms with Gasteiger partial charge in [-0.15, -0.1) is 22.7 Å². The average Bonchev–Trinajstić information content (AvgIpc) is 3.32. The Labute approximate surface area is 168 Å². The van der Waals surface area contributed by atoms with E-state index in [2.05, 4.69) is 20.5 Å². The molecule has 1 unspecified atom stereocenters. The molecular formula is C19H26N4O2S2. The van der Waals surface area contributed by atoms with Gasteiger partial charge in [-0.05, 0) is 43.3 Å². The second kappa shape index (κ2) is 9.43. The Morgan fingerprint density at radius 1 is 1.22 bits per heavy atom. The summed E-state index contributed by atoms with van der Waals surface area (Å²) in [6.07, 6.45) is 3.80. The van der Waals surface area contributed by atoms with Gasteiger partial charge in [-0.1, -0.05) is 26.3 Å². The molecule has 1 fully saturated rings. The highest BCUT2D eigenvalue weighted by atomic mass is 32.1. The van der Waals surface area contributed by atoms with Crippen molar-refractivity contribution >= 4 is 39.6 Å². The molecule has 0 aromatic carbocycles. The Hall–Kier alpha value is -1.77. The molecule has 0 radical (unpaired) electrons. The third-order valence-electron chi connectivity index (χ3n) is 4.60. The number of anilines is 1. The van der Waals surface area contributed by atoms with Crippen molar-refractivity contribution in [1.82, 2.24) is 15.2 Å². The fourth-order valence-electron chi connectivity index (χ4n) is 3.12. The van der Waals surface area contributed by atoms with E-state index in [0.717, 1.165) is 25.3 Å². The SMILES string of the molecule is CC(C)C(NC(=O)c1cccs1)C(=O)Nc1nc(CN2CCCCC2)cs1. The lowest BCUT2D eigenvalue weighted by Gasteiger charge is -2.25. The van der Waals surface area contributed by atoms with Gasteiger partial charge in [0.15, 0.2) is 5.13 Å². The molecule has 1 saturated heterocycles. The molecule has 146 valence electrons. The number of amides is 2. The second-order valence-electron chi connectivity index (χ2n) is 7.14. The zero-order valence-electron chi connectivity index (χ0n) is 15.7. The number of aromatic nitrogens is 1. The van der Waals surface area contributed by atoms with Crippen LogP contribution >= 0.6 is 22.7 Å². The van der Waals surface area contributed by atoms with E-state index in [1.54, 1.807) is 6.07 Å². The molecule has 1 atom stereocenters. The predicted molar refractivity (Wildman–Crippen MR) is 110 cm³/mol. The van der Waals surface area contributed by atoms with E-state index in [9.17, 15) is 9.59 Å². The molecule has 2 N–H and O–H groups in total. The van der Waals surface area contributed by atoms with E-state index < -0.39 is 6.04 Å². The van der Waals surface area contributed by atoms with Gasteiger partial charge < -0.3 is 10.6 Å². The van der Waals surface area contributed by atoms with Crippen LogP contribution in [0.4, 0.5) is 5.13 Å². The number of carbonyl (C=O) groups is 2. The van der Waals surface area contributed by atoms with Crippen LogP contribution in [0, 0.1) is 5.92 Å². The first kappa shape index (κ1) is 20.0. The third-order valence-corrected chi connectivity index (χ3v) is 6.27. The molecule has 2 aromatic rings. The molecule has 0 saturated carbocycles. The first-order valence-corrected chi connectivity index (χ1v) is 11.1. The number of piperidine rings is 1. The highest BCUT2D eigenvalue weighted by Crippen LogP contribution is 2.20. The summed E-state index contributed by atoms with van der Waals surface area (Å²) in [5, 5.41) is 10.1. The van der Waals surface area contributed by atoms with Crippen molar-refractivity contribution in [1.29, 1.82) is 0 Å². The minimum atomic E-state index is -0.603. The highest BCUT2D eigenvalue weighted by Gasteiger charge is 2.26. The second-order valence-corrected chi connectivity index (χ2v) is 8.95. The Kier molecular flexibility index (Phi) is 6.98. The maximum Gasteiger partial charge on any atom is 0.262 e. The molecule has 0 spiro atoms. The molecular weight excluding hydrogens is 380 g/mol. The van der Waals surface area contributed by atoms with Crippen molar-refractivity contribution in [2.45, 2.75) is 45.7 Å². The van der Waals surface area contributed by atoms with Gasteiger partial charge in [-0.2, -0.15) is 0 Å². The largest absolute Gasteiger partial charge is 0.339 e. The van der Waals surface area contributed by atoms with Gasteiger partial charge in [-0.25, -0.2) is 4.98 Å². The van der Waals surface area contributed by atoms with Gasteiger partial charge in [0.25, 0.3) is 5.91 Å². The van der Waals surface area contributed by atoms with Crippen molar-refractivity contribution in [2.24, 2.45) is 5.92 Å². The van der Waals surface area contributed by atoms with Crippen molar-refractivity contribution < 1.29 is 9.59 Å². The first-order valence-electron chi connectivity index (χ1n) is 9.35. The van der Waals surface area contributed by atoms with Crippen molar-refractivity contribution in [3.05, 3.63) is 33.5 Å². The predicted octanol–water partition coefficient (Wildman–Crippen LogP) is 3.58. The molecule has 0 bridgehead atoms. The molecule has 0 aliphatic carbocycles. The Morgan fingerprint density at radius 2 is 2.00 bits per heavy atom. The number of rotatable bonds is 7. The van der Waals surface area contributed by atoms with E-state index in [4.69, 9.17) is 0 Å². The standard InChI is InChI=1S/C19H26N4O2S2/c1-13(2)16(21-17(24)15-7-6-10-26-15)18(25)22-19-20-14(12-27-19)11-23-8-4-3-5-9-23/h6-7,10,12-13,16H,3-5,8-9,11H2,1-2H3,(H,21,24)(H,20,22,25). The normalized spacial score (nSPS) is 16.3. The lowest BCUT2D eigenvalue weighted by atomic mass is 10.0. The molecule has 2 aromatic heterocycles. The van der Waals surface area contributed by atoms with E-state index in [-0.39, 0.29) is 17.7 Å². The number of nitrogens with zero attached hydrogens (tertiary/aromatic N) is 2. The summed E-state index contributed by atoms with van der Waals surface area (Å²) in [7, 11) is 0. The lowest BCUT2D eigenvalue weighted by Crippen LogP contribution is -2.46. The van der Waals surface area contributed by atoms with Crippen LogP contribution in [0.1, 0.15) is 48.5 Å². The van der Waals surface area contributed by atoms with Crippen molar-refractivity contribution in [3.63, 3.8) is 0 Å². The van der Waals surface area contributed by atoms with Gasteiger partial charge in [0.05, 0.1) is 10.6 Å². The summed E-state index contributed by atoms with van der Waals surface area (Å²) in [5.74, 6) is -0.473. The summed E-state index contributed by atoms with van der Waals surface area (Å²) in [5.41, 5.74) is 0.987. The summed E-state index contributed by atoms with van der Waals surface area (Å²) in [6, 6.07) is 2.97. The molecule has 2 amide bonds. The van der Waals surface area contributed by atoms with Crippen molar-refractivity contribution in [3.8, 4) is 0 Å². The number of nitrogens with one attached hydrogen (secondary N) is 2. The lowest BCUT2D eigenvalue weighted by molar-refractivity contribution is -0.118. The number of carbonyl (C=O) groups excluding carboxylic acids is 2. The number of thiophene rings is 1. The van der Waals surface area contributed by atoms with Crippen LogP contribution in [-0.4, -0.2) is 40.8 Å². The number of hydrogen-bond acceptors (Lipinski definition) is 6. The van der Waals surface area contributed by atoms with Gasteiger partial charge in [0, 0.05) is 11.9 Å². The van der Waals surface area contributed by atoms with E-state index in [0.29, 0.717) is 10.0 Å². The number of likely N-dealkylation sites (tertiary alicyclic amines) is 1. The van der Waals surface area contributed by atoms with Gasteiger partial charge in [0.1, 0.15) is 6.04 Å².